The predicted octanol–water partition coefficient (Wildman–Crippen LogP) is 9.07. The van der Waals surface area contributed by atoms with Gasteiger partial charge in [-0.25, -0.2) is 0 Å². The lowest BCUT2D eigenvalue weighted by molar-refractivity contribution is 0.293. The summed E-state index contributed by atoms with van der Waals surface area (Å²) in [5.41, 5.74) is 0. The lowest BCUT2D eigenvalue weighted by atomic mass is 10.1. The molecule has 0 N–H and O–H groups in total. The summed E-state index contributed by atoms with van der Waals surface area (Å²) in [5.74, 6) is 1.82. The average Bonchev–Trinajstić information content (AvgIpc) is 3.63. The quantitative estimate of drug-likeness (QED) is 0.119. The van der Waals surface area contributed by atoms with Crippen molar-refractivity contribution in [2.24, 2.45) is 11.8 Å². The Kier molecular flexibility index (Phi) is 12.0. The lowest BCUT2D eigenvalue weighted by Gasteiger charge is -2.43. The molecule has 0 radical (unpaired) electrons. The van der Waals surface area contributed by atoms with Gasteiger partial charge in [-0.15, -0.1) is 0 Å². The standard InChI is InChI=1S/C34H52OSi/c1-5-6-7-8-9-10-11-15-22-30-29-31(30)23-16-14-21-28-35-36(34(2,3)4,32-24-17-12-18-25-32)33-26-19-13-20-27-33/h12-13,16-20,23-27,30-31H,5-11,14-15,21-22,28-29H2,1-4H3/b23-16+/t30-,31+/m1/s1. The highest BCUT2D eigenvalue weighted by Gasteiger charge is 2.49. The molecule has 2 aromatic carbocycles. The average molecular weight is 505 g/mol. The topological polar surface area (TPSA) is 9.23 Å². The summed E-state index contributed by atoms with van der Waals surface area (Å²) in [4.78, 5) is 0. The highest BCUT2D eigenvalue weighted by atomic mass is 28.4. The van der Waals surface area contributed by atoms with Crippen molar-refractivity contribution in [1.82, 2.24) is 0 Å². The van der Waals surface area contributed by atoms with Gasteiger partial charge in [-0.05, 0) is 52.9 Å². The summed E-state index contributed by atoms with van der Waals surface area (Å²) in [7, 11) is -2.39. The minimum absolute atomic E-state index is 0.0578. The van der Waals surface area contributed by atoms with Gasteiger partial charge in [0.1, 0.15) is 0 Å². The monoisotopic (exact) mass is 504 g/mol. The van der Waals surface area contributed by atoms with Crippen LogP contribution in [0.2, 0.25) is 5.04 Å². The van der Waals surface area contributed by atoms with E-state index in [9.17, 15) is 0 Å². The highest BCUT2D eigenvalue weighted by molar-refractivity contribution is 6.99. The first kappa shape index (κ1) is 28.9. The van der Waals surface area contributed by atoms with Gasteiger partial charge in [0, 0.05) is 6.61 Å². The van der Waals surface area contributed by atoms with Crippen LogP contribution < -0.4 is 10.4 Å². The Hall–Kier alpha value is -1.64. The number of benzene rings is 2. The number of rotatable bonds is 17. The molecule has 1 nitrogen and oxygen atoms in total. The van der Waals surface area contributed by atoms with Gasteiger partial charge in [-0.2, -0.15) is 0 Å². The van der Waals surface area contributed by atoms with Crippen molar-refractivity contribution in [1.29, 1.82) is 0 Å². The lowest BCUT2D eigenvalue weighted by Crippen LogP contribution is -2.66. The molecule has 1 saturated carbocycles. The van der Waals surface area contributed by atoms with E-state index in [0.29, 0.717) is 0 Å². The maximum absolute atomic E-state index is 7.02. The molecular formula is C34H52OSi. The van der Waals surface area contributed by atoms with Crippen LogP contribution in [0.4, 0.5) is 0 Å². The summed E-state index contributed by atoms with van der Waals surface area (Å²) in [6.07, 6.45) is 21.5. The Morgan fingerprint density at radius 3 is 1.89 bits per heavy atom. The Morgan fingerprint density at radius 2 is 1.33 bits per heavy atom. The second-order valence-corrected chi connectivity index (χ2v) is 16.3. The third-order valence-electron chi connectivity index (χ3n) is 8.04. The van der Waals surface area contributed by atoms with Crippen molar-refractivity contribution in [3.8, 4) is 0 Å². The van der Waals surface area contributed by atoms with Crippen molar-refractivity contribution >= 4 is 18.7 Å². The van der Waals surface area contributed by atoms with Crippen LogP contribution in [0, 0.1) is 11.8 Å². The van der Waals surface area contributed by atoms with Crippen LogP contribution >= 0.6 is 0 Å². The molecule has 2 heteroatoms. The number of unbranched alkanes of at least 4 members (excludes halogenated alkanes) is 8. The Labute approximate surface area is 223 Å². The maximum Gasteiger partial charge on any atom is 0.261 e. The Balaban J connectivity index is 1.42. The first-order valence-corrected chi connectivity index (χ1v) is 16.8. The second-order valence-electron chi connectivity index (χ2n) is 12.0. The molecule has 1 aliphatic carbocycles. The third-order valence-corrected chi connectivity index (χ3v) is 13.1. The van der Waals surface area contributed by atoms with Crippen LogP contribution in [-0.2, 0) is 4.43 Å². The van der Waals surface area contributed by atoms with E-state index in [1.54, 1.807) is 0 Å². The third kappa shape index (κ3) is 8.45. The molecule has 0 unspecified atom stereocenters. The predicted molar refractivity (Wildman–Crippen MR) is 161 cm³/mol. The summed E-state index contributed by atoms with van der Waals surface area (Å²) in [6, 6.07) is 22.0. The molecule has 0 heterocycles. The van der Waals surface area contributed by atoms with Crippen LogP contribution in [0.1, 0.15) is 105 Å². The molecule has 0 aliphatic heterocycles. The summed E-state index contributed by atoms with van der Waals surface area (Å²) in [5, 5.41) is 2.81. The second kappa shape index (κ2) is 14.9. The zero-order valence-corrected chi connectivity index (χ0v) is 24.7. The fourth-order valence-corrected chi connectivity index (χ4v) is 10.4. The Morgan fingerprint density at radius 1 is 0.778 bits per heavy atom. The molecule has 0 bridgehead atoms. The van der Waals surface area contributed by atoms with Crippen molar-refractivity contribution in [3.05, 3.63) is 72.8 Å². The normalized spacial score (nSPS) is 18.1. The number of hydrogen-bond donors (Lipinski definition) is 0. The van der Waals surface area contributed by atoms with Crippen molar-refractivity contribution in [3.63, 3.8) is 0 Å². The molecule has 2 aromatic rings. The number of hydrogen-bond acceptors (Lipinski definition) is 1. The van der Waals surface area contributed by atoms with E-state index in [0.717, 1.165) is 31.3 Å². The van der Waals surface area contributed by atoms with E-state index in [2.05, 4.69) is 101 Å². The van der Waals surface area contributed by atoms with Crippen LogP contribution in [0.15, 0.2) is 72.8 Å². The van der Waals surface area contributed by atoms with Crippen molar-refractivity contribution in [2.45, 2.75) is 110 Å². The zero-order chi connectivity index (χ0) is 25.7. The first-order chi connectivity index (χ1) is 17.5. The van der Waals surface area contributed by atoms with Gasteiger partial charge in [-0.3, -0.25) is 0 Å². The van der Waals surface area contributed by atoms with Crippen LogP contribution in [0.3, 0.4) is 0 Å². The van der Waals surface area contributed by atoms with Gasteiger partial charge >= 0.3 is 0 Å². The van der Waals surface area contributed by atoms with Crippen LogP contribution in [-0.4, -0.2) is 14.9 Å². The smallest absolute Gasteiger partial charge is 0.261 e. The van der Waals surface area contributed by atoms with E-state index in [1.165, 1.54) is 74.6 Å². The van der Waals surface area contributed by atoms with Gasteiger partial charge in [0.15, 0.2) is 0 Å². The molecule has 198 valence electrons. The van der Waals surface area contributed by atoms with Crippen LogP contribution in [0.25, 0.3) is 0 Å². The molecular weight excluding hydrogens is 452 g/mol. The number of allylic oxidation sites excluding steroid dienone is 2. The fourth-order valence-electron chi connectivity index (χ4n) is 5.84. The van der Waals surface area contributed by atoms with Crippen molar-refractivity contribution < 1.29 is 4.43 Å². The van der Waals surface area contributed by atoms with E-state index in [1.807, 2.05) is 0 Å². The van der Waals surface area contributed by atoms with E-state index >= 15 is 0 Å². The van der Waals surface area contributed by atoms with E-state index in [-0.39, 0.29) is 5.04 Å². The minimum atomic E-state index is -2.39. The Bertz CT molecular complexity index is 828. The largest absolute Gasteiger partial charge is 0.407 e. The van der Waals surface area contributed by atoms with E-state index in [4.69, 9.17) is 4.43 Å². The van der Waals surface area contributed by atoms with Gasteiger partial charge in [0.05, 0.1) is 0 Å². The minimum Gasteiger partial charge on any atom is -0.407 e. The molecule has 0 amide bonds. The maximum atomic E-state index is 7.02. The van der Waals surface area contributed by atoms with E-state index < -0.39 is 8.32 Å². The molecule has 0 spiro atoms. The van der Waals surface area contributed by atoms with Crippen LogP contribution in [0.5, 0.6) is 0 Å². The molecule has 3 rings (SSSR count). The van der Waals surface area contributed by atoms with Gasteiger partial charge in [-0.1, -0.05) is 152 Å². The van der Waals surface area contributed by atoms with Gasteiger partial charge in [0.2, 0.25) is 0 Å². The molecule has 1 fully saturated rings. The summed E-state index contributed by atoms with van der Waals surface area (Å²) < 4.78 is 7.02. The van der Waals surface area contributed by atoms with Gasteiger partial charge in [0.25, 0.3) is 8.32 Å². The highest BCUT2D eigenvalue weighted by Crippen LogP contribution is 2.43. The fraction of sp³-hybridized carbons (Fsp3) is 0.588. The molecule has 0 saturated heterocycles. The summed E-state index contributed by atoms with van der Waals surface area (Å²) >= 11 is 0. The van der Waals surface area contributed by atoms with Crippen molar-refractivity contribution in [2.75, 3.05) is 6.61 Å². The van der Waals surface area contributed by atoms with Gasteiger partial charge < -0.3 is 4.43 Å². The SMILES string of the molecule is CCCCCCCCCC[C@@H]1C[C@@H]1/C=C/CCCO[Si](c1ccccc1)(c1ccccc1)C(C)(C)C. The molecule has 1 aliphatic rings. The summed E-state index contributed by atoms with van der Waals surface area (Å²) in [6.45, 7) is 10.2. The molecule has 2 atom stereocenters. The first-order valence-electron chi connectivity index (χ1n) is 14.9. The molecule has 36 heavy (non-hydrogen) atoms. The molecule has 0 aromatic heterocycles. The zero-order valence-electron chi connectivity index (χ0n) is 23.7.